The van der Waals surface area contributed by atoms with Gasteiger partial charge in [0.25, 0.3) is 5.91 Å². The Hall–Kier alpha value is -3.28. The van der Waals surface area contributed by atoms with Crippen molar-refractivity contribution in [2.45, 2.75) is 27.7 Å². The van der Waals surface area contributed by atoms with E-state index in [2.05, 4.69) is 6.07 Å². The van der Waals surface area contributed by atoms with Crippen molar-refractivity contribution >= 4 is 22.8 Å². The quantitative estimate of drug-likeness (QED) is 0.662. The fraction of sp³-hybridized carbons (Fsp3) is 0.273. The van der Waals surface area contributed by atoms with Gasteiger partial charge in [-0.15, -0.1) is 0 Å². The van der Waals surface area contributed by atoms with E-state index < -0.39 is 5.91 Å². The molecule has 0 fully saturated rings. The summed E-state index contributed by atoms with van der Waals surface area (Å²) in [6.45, 7) is 7.82. The van der Waals surface area contributed by atoms with Gasteiger partial charge >= 0.3 is 5.97 Å². The van der Waals surface area contributed by atoms with Crippen LogP contribution in [0.1, 0.15) is 34.1 Å². The minimum atomic E-state index is -0.560. The van der Waals surface area contributed by atoms with Gasteiger partial charge in [-0.2, -0.15) is 0 Å². The van der Waals surface area contributed by atoms with E-state index in [1.165, 1.54) is 5.56 Å². The topological polar surface area (TPSA) is 83.6 Å². The number of amides is 1. The molecule has 0 aliphatic carbocycles. The van der Waals surface area contributed by atoms with Gasteiger partial charge in [0.15, 0.2) is 6.61 Å². The van der Waals surface area contributed by atoms with Crippen LogP contribution in [0.25, 0.3) is 16.6 Å². The van der Waals surface area contributed by atoms with Crippen LogP contribution in [0.2, 0.25) is 0 Å². The third-order valence-electron chi connectivity index (χ3n) is 4.63. The highest BCUT2D eigenvalue weighted by Gasteiger charge is 2.23. The summed E-state index contributed by atoms with van der Waals surface area (Å²) in [4.78, 5) is 23.7. The monoisotopic (exact) mass is 380 g/mol. The molecule has 1 amide bonds. The Bertz CT molecular complexity index is 1070. The lowest BCUT2D eigenvalue weighted by molar-refractivity contribution is -0.119. The van der Waals surface area contributed by atoms with Crippen molar-refractivity contribution in [3.8, 4) is 11.4 Å². The summed E-state index contributed by atoms with van der Waals surface area (Å²) in [6.07, 6.45) is 0. The fourth-order valence-electron chi connectivity index (χ4n) is 3.47. The lowest BCUT2D eigenvalue weighted by atomic mass is 10.1. The average molecular weight is 380 g/mol. The standard InChI is InChI=1S/C22H24N2O4/c1-5-27-22(26)21-15(4)24(18-8-6-13(2)10-14(18)3)19-9-7-16(11-17(19)21)28-12-20(23)25/h6-11H,5,12H2,1-4H3,(H2,23,25). The van der Waals surface area contributed by atoms with Crippen LogP contribution in [0.5, 0.6) is 5.75 Å². The van der Waals surface area contributed by atoms with Crippen LogP contribution in [-0.4, -0.2) is 29.7 Å². The number of esters is 1. The molecule has 3 rings (SSSR count). The van der Waals surface area contributed by atoms with Crippen LogP contribution in [0.15, 0.2) is 36.4 Å². The van der Waals surface area contributed by atoms with E-state index >= 15 is 0 Å². The second kappa shape index (κ2) is 7.76. The van der Waals surface area contributed by atoms with Gasteiger partial charge in [-0.3, -0.25) is 4.79 Å². The van der Waals surface area contributed by atoms with E-state index in [0.29, 0.717) is 16.7 Å². The molecule has 0 radical (unpaired) electrons. The number of hydrogen-bond donors (Lipinski definition) is 1. The molecule has 1 heterocycles. The second-order valence-corrected chi connectivity index (χ2v) is 6.74. The number of nitrogens with zero attached hydrogens (tertiary/aromatic N) is 1. The number of nitrogens with two attached hydrogens (primary N) is 1. The van der Waals surface area contributed by atoms with Gasteiger partial charge in [0.1, 0.15) is 5.75 Å². The van der Waals surface area contributed by atoms with E-state index in [1.807, 2.05) is 43.5 Å². The highest BCUT2D eigenvalue weighted by Crippen LogP contribution is 2.33. The summed E-state index contributed by atoms with van der Waals surface area (Å²) in [5.74, 6) is -0.482. The summed E-state index contributed by atoms with van der Waals surface area (Å²) in [6, 6.07) is 11.6. The molecule has 0 unspecified atom stereocenters. The second-order valence-electron chi connectivity index (χ2n) is 6.74. The fourth-order valence-corrected chi connectivity index (χ4v) is 3.47. The molecule has 0 spiro atoms. The smallest absolute Gasteiger partial charge is 0.340 e. The summed E-state index contributed by atoms with van der Waals surface area (Å²) in [5, 5.41) is 0.706. The summed E-state index contributed by atoms with van der Waals surface area (Å²) in [7, 11) is 0. The Morgan fingerprint density at radius 2 is 1.82 bits per heavy atom. The number of hydrogen-bond acceptors (Lipinski definition) is 4. The molecular formula is C22H24N2O4. The lowest BCUT2D eigenvalue weighted by Gasteiger charge is -2.13. The van der Waals surface area contributed by atoms with Crippen molar-refractivity contribution in [1.82, 2.24) is 4.57 Å². The van der Waals surface area contributed by atoms with E-state index in [9.17, 15) is 9.59 Å². The van der Waals surface area contributed by atoms with Gasteiger partial charge in [-0.25, -0.2) is 4.79 Å². The Labute approximate surface area is 163 Å². The molecule has 0 saturated carbocycles. The number of carbonyl (C=O) groups is 2. The first kappa shape index (κ1) is 19.5. The summed E-state index contributed by atoms with van der Waals surface area (Å²) < 4.78 is 12.8. The molecule has 2 N–H and O–H groups in total. The maximum atomic E-state index is 12.7. The zero-order chi connectivity index (χ0) is 20.4. The van der Waals surface area contributed by atoms with E-state index in [1.54, 1.807) is 19.1 Å². The number of fused-ring (bicyclic) bond motifs is 1. The number of aryl methyl sites for hydroxylation is 2. The third kappa shape index (κ3) is 3.58. The lowest BCUT2D eigenvalue weighted by Crippen LogP contribution is -2.19. The van der Waals surface area contributed by atoms with Crippen LogP contribution in [0, 0.1) is 20.8 Å². The molecule has 0 atom stereocenters. The first-order valence-electron chi connectivity index (χ1n) is 9.14. The van der Waals surface area contributed by atoms with E-state index in [-0.39, 0.29) is 19.2 Å². The molecule has 0 bridgehead atoms. The number of ether oxygens (including phenoxy) is 2. The third-order valence-corrected chi connectivity index (χ3v) is 4.63. The van der Waals surface area contributed by atoms with Crippen molar-refractivity contribution in [1.29, 1.82) is 0 Å². The van der Waals surface area contributed by atoms with Crippen LogP contribution in [0.3, 0.4) is 0 Å². The van der Waals surface area contributed by atoms with E-state index in [4.69, 9.17) is 15.2 Å². The van der Waals surface area contributed by atoms with Crippen LogP contribution >= 0.6 is 0 Å². The summed E-state index contributed by atoms with van der Waals surface area (Å²) >= 11 is 0. The largest absolute Gasteiger partial charge is 0.484 e. The maximum Gasteiger partial charge on any atom is 0.340 e. The molecule has 0 aliphatic rings. The molecular weight excluding hydrogens is 356 g/mol. The maximum absolute atomic E-state index is 12.7. The van der Waals surface area contributed by atoms with Crippen LogP contribution in [0.4, 0.5) is 0 Å². The first-order chi connectivity index (χ1) is 13.3. The van der Waals surface area contributed by atoms with Crippen molar-refractivity contribution in [2.24, 2.45) is 5.73 Å². The number of primary amides is 1. The predicted octanol–water partition coefficient (Wildman–Crippen LogP) is 3.60. The number of aromatic nitrogens is 1. The predicted molar refractivity (Wildman–Crippen MR) is 108 cm³/mol. The molecule has 1 aromatic heterocycles. The van der Waals surface area contributed by atoms with Gasteiger partial charge in [-0.1, -0.05) is 17.7 Å². The van der Waals surface area contributed by atoms with Crippen molar-refractivity contribution in [2.75, 3.05) is 13.2 Å². The number of benzene rings is 2. The molecule has 6 nitrogen and oxygen atoms in total. The average Bonchev–Trinajstić information content (AvgIpc) is 2.91. The van der Waals surface area contributed by atoms with Crippen LogP contribution < -0.4 is 10.5 Å². The molecule has 2 aromatic carbocycles. The SMILES string of the molecule is CCOC(=O)c1c(C)n(-c2ccc(C)cc2C)c2ccc(OCC(N)=O)cc12. The van der Waals surface area contributed by atoms with E-state index in [0.717, 1.165) is 22.5 Å². The highest BCUT2D eigenvalue weighted by molar-refractivity contribution is 6.07. The zero-order valence-corrected chi connectivity index (χ0v) is 16.5. The Morgan fingerprint density at radius 1 is 1.07 bits per heavy atom. The molecule has 0 saturated heterocycles. The van der Waals surface area contributed by atoms with Crippen molar-refractivity contribution < 1.29 is 19.1 Å². The highest BCUT2D eigenvalue weighted by atomic mass is 16.5. The number of carbonyl (C=O) groups excluding carboxylic acids is 2. The molecule has 146 valence electrons. The Balaban J connectivity index is 2.25. The Morgan fingerprint density at radius 3 is 2.46 bits per heavy atom. The summed E-state index contributed by atoms with van der Waals surface area (Å²) in [5.41, 5.74) is 10.6. The minimum Gasteiger partial charge on any atom is -0.484 e. The molecule has 3 aromatic rings. The van der Waals surface area contributed by atoms with Gasteiger partial charge in [-0.05, 0) is 57.5 Å². The van der Waals surface area contributed by atoms with Crippen molar-refractivity contribution in [3.63, 3.8) is 0 Å². The normalized spacial score (nSPS) is 10.9. The zero-order valence-electron chi connectivity index (χ0n) is 16.5. The minimum absolute atomic E-state index is 0.225. The van der Waals surface area contributed by atoms with Gasteiger partial charge < -0.3 is 19.8 Å². The first-order valence-corrected chi connectivity index (χ1v) is 9.14. The molecule has 0 aliphatic heterocycles. The van der Waals surface area contributed by atoms with Gasteiger partial charge in [0.05, 0.1) is 17.7 Å². The molecule has 6 heteroatoms. The number of rotatable bonds is 6. The molecule has 28 heavy (non-hydrogen) atoms. The van der Waals surface area contributed by atoms with Crippen LogP contribution in [-0.2, 0) is 9.53 Å². The Kier molecular flexibility index (Phi) is 5.40. The van der Waals surface area contributed by atoms with Gasteiger partial charge in [0, 0.05) is 16.8 Å². The van der Waals surface area contributed by atoms with Gasteiger partial charge in [0.2, 0.25) is 0 Å². The van der Waals surface area contributed by atoms with Crippen molar-refractivity contribution in [3.05, 3.63) is 58.8 Å².